The molecular formula is C20H25N. The van der Waals surface area contributed by atoms with Crippen LogP contribution in [0.3, 0.4) is 0 Å². The lowest BCUT2D eigenvalue weighted by molar-refractivity contribution is 0.348. The topological polar surface area (TPSA) is 26.0 Å². The van der Waals surface area contributed by atoms with Crippen LogP contribution in [0.5, 0.6) is 0 Å². The molecule has 0 spiro atoms. The van der Waals surface area contributed by atoms with E-state index < -0.39 is 0 Å². The van der Waals surface area contributed by atoms with Crippen molar-refractivity contribution in [1.82, 2.24) is 0 Å². The Kier molecular flexibility index (Phi) is 3.62. The zero-order chi connectivity index (χ0) is 15.0. The molecule has 0 aliphatic heterocycles. The van der Waals surface area contributed by atoms with Crippen LogP contribution in [0.15, 0.2) is 42.5 Å². The third-order valence-electron chi connectivity index (χ3n) is 5.06. The normalized spacial score (nSPS) is 24.7. The largest absolute Gasteiger partial charge is 0.321 e. The van der Waals surface area contributed by atoms with Gasteiger partial charge in [-0.05, 0) is 61.3 Å². The van der Waals surface area contributed by atoms with Crippen LogP contribution in [-0.4, -0.2) is 0 Å². The SMILES string of the molecule is Cc1ccc(C)c(CC2(N)CCC(C)c3ccccc32)c1. The first-order chi connectivity index (χ1) is 9.99. The van der Waals surface area contributed by atoms with Crippen LogP contribution in [0.1, 0.15) is 53.5 Å². The first-order valence-electron chi connectivity index (χ1n) is 7.94. The smallest absolute Gasteiger partial charge is 0.0453 e. The van der Waals surface area contributed by atoms with Crippen LogP contribution in [-0.2, 0) is 12.0 Å². The van der Waals surface area contributed by atoms with Gasteiger partial charge in [0.25, 0.3) is 0 Å². The van der Waals surface area contributed by atoms with Gasteiger partial charge in [-0.1, -0.05) is 55.0 Å². The fourth-order valence-corrected chi connectivity index (χ4v) is 3.66. The van der Waals surface area contributed by atoms with Crippen molar-refractivity contribution >= 4 is 0 Å². The molecule has 0 amide bonds. The predicted molar refractivity (Wildman–Crippen MR) is 89.6 cm³/mol. The van der Waals surface area contributed by atoms with Gasteiger partial charge < -0.3 is 5.73 Å². The fraction of sp³-hybridized carbons (Fsp3) is 0.400. The summed E-state index contributed by atoms with van der Waals surface area (Å²) in [6.07, 6.45) is 3.18. The molecule has 1 aliphatic carbocycles. The van der Waals surface area contributed by atoms with Gasteiger partial charge in [0.2, 0.25) is 0 Å². The standard InChI is InChI=1S/C20H25N/c1-14-8-9-15(2)17(12-14)13-20(21)11-10-16(3)18-6-4-5-7-19(18)20/h4-9,12,16H,10-11,13,21H2,1-3H3. The van der Waals surface area contributed by atoms with Gasteiger partial charge in [-0.15, -0.1) is 0 Å². The van der Waals surface area contributed by atoms with Crippen molar-refractivity contribution in [2.24, 2.45) is 5.73 Å². The summed E-state index contributed by atoms with van der Waals surface area (Å²) >= 11 is 0. The first kappa shape index (κ1) is 14.3. The molecule has 0 aromatic heterocycles. The van der Waals surface area contributed by atoms with Crippen molar-refractivity contribution in [3.05, 3.63) is 70.3 Å². The minimum Gasteiger partial charge on any atom is -0.321 e. The number of benzene rings is 2. The molecule has 2 atom stereocenters. The van der Waals surface area contributed by atoms with E-state index >= 15 is 0 Å². The summed E-state index contributed by atoms with van der Waals surface area (Å²) < 4.78 is 0. The van der Waals surface area contributed by atoms with Gasteiger partial charge in [0.1, 0.15) is 0 Å². The molecule has 0 bridgehead atoms. The van der Waals surface area contributed by atoms with Crippen LogP contribution in [0.4, 0.5) is 0 Å². The zero-order valence-electron chi connectivity index (χ0n) is 13.3. The molecule has 1 heteroatoms. The molecular weight excluding hydrogens is 254 g/mol. The predicted octanol–water partition coefficient (Wildman–Crippen LogP) is 4.60. The van der Waals surface area contributed by atoms with Gasteiger partial charge in [0.15, 0.2) is 0 Å². The van der Waals surface area contributed by atoms with Gasteiger partial charge in [-0.3, -0.25) is 0 Å². The van der Waals surface area contributed by atoms with E-state index in [-0.39, 0.29) is 5.54 Å². The molecule has 21 heavy (non-hydrogen) atoms. The Morgan fingerprint density at radius 1 is 1.14 bits per heavy atom. The quantitative estimate of drug-likeness (QED) is 0.854. The van der Waals surface area contributed by atoms with Crippen molar-refractivity contribution in [2.75, 3.05) is 0 Å². The molecule has 0 heterocycles. The number of hydrogen-bond donors (Lipinski definition) is 1. The molecule has 3 rings (SSSR count). The van der Waals surface area contributed by atoms with Crippen LogP contribution in [0, 0.1) is 13.8 Å². The lowest BCUT2D eigenvalue weighted by Gasteiger charge is -2.39. The number of rotatable bonds is 2. The van der Waals surface area contributed by atoms with Crippen molar-refractivity contribution in [3.63, 3.8) is 0 Å². The summed E-state index contributed by atoms with van der Waals surface area (Å²) in [6.45, 7) is 6.66. The Labute approximate surface area is 128 Å². The van der Waals surface area contributed by atoms with E-state index in [0.717, 1.165) is 12.8 Å². The molecule has 1 aliphatic rings. The van der Waals surface area contributed by atoms with E-state index in [1.165, 1.54) is 34.2 Å². The minimum atomic E-state index is -0.221. The summed E-state index contributed by atoms with van der Waals surface area (Å²) in [5.74, 6) is 0.622. The van der Waals surface area contributed by atoms with Crippen molar-refractivity contribution in [2.45, 2.75) is 51.5 Å². The Bertz CT molecular complexity index is 659. The Morgan fingerprint density at radius 3 is 2.71 bits per heavy atom. The van der Waals surface area contributed by atoms with E-state index in [2.05, 4.69) is 63.2 Å². The first-order valence-corrected chi connectivity index (χ1v) is 7.94. The lowest BCUT2D eigenvalue weighted by Crippen LogP contribution is -2.42. The highest BCUT2D eigenvalue weighted by Gasteiger charge is 2.35. The van der Waals surface area contributed by atoms with Gasteiger partial charge in [-0.2, -0.15) is 0 Å². The maximum Gasteiger partial charge on any atom is 0.0453 e. The summed E-state index contributed by atoms with van der Waals surface area (Å²) in [7, 11) is 0. The average molecular weight is 279 g/mol. The third kappa shape index (κ3) is 2.63. The van der Waals surface area contributed by atoms with E-state index in [1.54, 1.807) is 0 Å². The monoisotopic (exact) mass is 279 g/mol. The van der Waals surface area contributed by atoms with E-state index in [1.807, 2.05) is 0 Å². The van der Waals surface area contributed by atoms with Gasteiger partial charge in [0.05, 0.1) is 0 Å². The zero-order valence-corrected chi connectivity index (χ0v) is 13.3. The summed E-state index contributed by atoms with van der Waals surface area (Å²) in [5.41, 5.74) is 13.5. The molecule has 2 unspecified atom stereocenters. The molecule has 2 aromatic rings. The lowest BCUT2D eigenvalue weighted by atomic mass is 9.70. The van der Waals surface area contributed by atoms with Crippen molar-refractivity contribution in [1.29, 1.82) is 0 Å². The second-order valence-electron chi connectivity index (χ2n) is 6.79. The molecule has 1 nitrogen and oxygen atoms in total. The highest BCUT2D eigenvalue weighted by molar-refractivity contribution is 5.41. The maximum atomic E-state index is 6.88. The fourth-order valence-electron chi connectivity index (χ4n) is 3.66. The summed E-state index contributed by atoms with van der Waals surface area (Å²) in [5, 5.41) is 0. The van der Waals surface area contributed by atoms with Crippen molar-refractivity contribution < 1.29 is 0 Å². The Hall–Kier alpha value is -1.60. The second-order valence-corrected chi connectivity index (χ2v) is 6.79. The van der Waals surface area contributed by atoms with Gasteiger partial charge >= 0.3 is 0 Å². The Balaban J connectivity index is 2.02. The molecule has 0 fully saturated rings. The van der Waals surface area contributed by atoms with Gasteiger partial charge in [-0.25, -0.2) is 0 Å². The molecule has 2 aromatic carbocycles. The highest BCUT2D eigenvalue weighted by Crippen LogP contribution is 2.41. The second kappa shape index (κ2) is 5.31. The summed E-state index contributed by atoms with van der Waals surface area (Å²) in [4.78, 5) is 0. The van der Waals surface area contributed by atoms with E-state index in [0.29, 0.717) is 5.92 Å². The number of aryl methyl sites for hydroxylation is 2. The molecule has 0 saturated carbocycles. The van der Waals surface area contributed by atoms with Crippen LogP contribution >= 0.6 is 0 Å². The van der Waals surface area contributed by atoms with E-state index in [9.17, 15) is 0 Å². The van der Waals surface area contributed by atoms with Crippen LogP contribution in [0.25, 0.3) is 0 Å². The number of fused-ring (bicyclic) bond motifs is 1. The van der Waals surface area contributed by atoms with Crippen LogP contribution < -0.4 is 5.73 Å². The average Bonchev–Trinajstić information content (AvgIpc) is 2.48. The van der Waals surface area contributed by atoms with E-state index in [4.69, 9.17) is 5.73 Å². The molecule has 0 saturated heterocycles. The van der Waals surface area contributed by atoms with Crippen molar-refractivity contribution in [3.8, 4) is 0 Å². The highest BCUT2D eigenvalue weighted by atomic mass is 14.8. The third-order valence-corrected chi connectivity index (χ3v) is 5.06. The number of nitrogens with two attached hydrogens (primary N) is 1. The maximum absolute atomic E-state index is 6.88. The minimum absolute atomic E-state index is 0.221. The van der Waals surface area contributed by atoms with Crippen LogP contribution in [0.2, 0.25) is 0 Å². The molecule has 0 radical (unpaired) electrons. The van der Waals surface area contributed by atoms with Gasteiger partial charge in [0, 0.05) is 5.54 Å². The number of hydrogen-bond acceptors (Lipinski definition) is 1. The molecule has 110 valence electrons. The Morgan fingerprint density at radius 2 is 1.90 bits per heavy atom. The summed E-state index contributed by atoms with van der Waals surface area (Å²) in [6, 6.07) is 15.4. The molecule has 2 N–H and O–H groups in total.